The molecule has 33 heavy (non-hydrogen) atoms. The zero-order chi connectivity index (χ0) is 23.0. The lowest BCUT2D eigenvalue weighted by atomic mass is 9.99. The van der Waals surface area contributed by atoms with Crippen molar-refractivity contribution in [1.29, 1.82) is 0 Å². The molecule has 0 spiro atoms. The zero-order valence-electron chi connectivity index (χ0n) is 18.2. The summed E-state index contributed by atoms with van der Waals surface area (Å²) in [4.78, 5) is 14.7. The van der Waals surface area contributed by atoms with E-state index >= 15 is 0 Å². The molecule has 2 aliphatic heterocycles. The number of nitrogens with two attached hydrogens (primary N) is 1. The third kappa shape index (κ3) is 2.89. The van der Waals surface area contributed by atoms with Crippen LogP contribution in [-0.2, 0) is 10.6 Å². The van der Waals surface area contributed by atoms with Gasteiger partial charge in [0.15, 0.2) is 0 Å². The molecule has 2 aromatic heterocycles. The molecule has 10 heteroatoms. The van der Waals surface area contributed by atoms with E-state index in [4.69, 9.17) is 22.1 Å². The van der Waals surface area contributed by atoms with Gasteiger partial charge in [-0.1, -0.05) is 17.7 Å². The zero-order valence-corrected chi connectivity index (χ0v) is 19.0. The number of benzene rings is 2. The van der Waals surface area contributed by atoms with E-state index in [0.717, 1.165) is 33.8 Å². The van der Waals surface area contributed by atoms with Crippen molar-refractivity contribution in [3.05, 3.63) is 71.5 Å². The molecule has 1 unspecified atom stereocenters. The van der Waals surface area contributed by atoms with Crippen LogP contribution in [0.15, 0.2) is 55.1 Å². The second-order valence-corrected chi connectivity index (χ2v) is 9.05. The third-order valence-electron chi connectivity index (χ3n) is 5.97. The molecule has 2 aliphatic rings. The summed E-state index contributed by atoms with van der Waals surface area (Å²) in [5.41, 5.74) is 10.6. The smallest absolute Gasteiger partial charge is 0.253 e. The number of hydrogen-bond donors (Lipinski definition) is 2. The molecule has 9 nitrogen and oxygen atoms in total. The number of fused-ring (bicyclic) bond motifs is 3. The van der Waals surface area contributed by atoms with Gasteiger partial charge in [-0.05, 0) is 56.7 Å². The standard InChI is InChI=1S/C23H21ClN8O/c1-13-28-12-31(30-13)19-7-5-16(24)9-17(19)23-29-18-8-14(15-10-26-21(25)27-11-15)4-6-20(18)32(23)22(2,3)33-23/h4-12,29H,1-3H3,(H2,25,26,27). The van der Waals surface area contributed by atoms with Crippen molar-refractivity contribution in [2.75, 3.05) is 16.0 Å². The highest BCUT2D eigenvalue weighted by atomic mass is 35.5. The number of anilines is 3. The van der Waals surface area contributed by atoms with E-state index in [0.29, 0.717) is 10.8 Å². The number of aryl methyl sites for hydroxylation is 1. The van der Waals surface area contributed by atoms with E-state index in [1.807, 2.05) is 45.0 Å². The normalized spacial score (nSPS) is 20.1. The van der Waals surface area contributed by atoms with Crippen LogP contribution < -0.4 is 16.0 Å². The van der Waals surface area contributed by atoms with E-state index in [1.165, 1.54) is 0 Å². The van der Waals surface area contributed by atoms with Crippen LogP contribution in [0.2, 0.25) is 5.02 Å². The first-order valence-electron chi connectivity index (χ1n) is 10.5. The summed E-state index contributed by atoms with van der Waals surface area (Å²) >= 11 is 6.45. The highest BCUT2D eigenvalue weighted by molar-refractivity contribution is 6.30. The Bertz CT molecular complexity index is 1400. The largest absolute Gasteiger partial charge is 0.368 e. The van der Waals surface area contributed by atoms with E-state index < -0.39 is 11.6 Å². The Hall–Kier alpha value is -3.69. The van der Waals surface area contributed by atoms with Crippen molar-refractivity contribution >= 4 is 28.9 Å². The first-order chi connectivity index (χ1) is 15.8. The minimum atomic E-state index is -0.942. The minimum Gasteiger partial charge on any atom is -0.368 e. The fourth-order valence-electron chi connectivity index (χ4n) is 4.70. The van der Waals surface area contributed by atoms with Gasteiger partial charge in [0.05, 0.1) is 22.6 Å². The van der Waals surface area contributed by atoms with Crippen LogP contribution in [-0.4, -0.2) is 30.5 Å². The van der Waals surface area contributed by atoms with E-state index in [2.05, 4.69) is 42.4 Å². The van der Waals surface area contributed by atoms with Crippen molar-refractivity contribution in [1.82, 2.24) is 24.7 Å². The number of aromatic nitrogens is 5. The van der Waals surface area contributed by atoms with E-state index in [9.17, 15) is 0 Å². The molecule has 166 valence electrons. The molecule has 1 fully saturated rings. The monoisotopic (exact) mass is 460 g/mol. The lowest BCUT2D eigenvalue weighted by Gasteiger charge is -2.60. The molecule has 0 saturated carbocycles. The molecule has 3 N–H and O–H groups in total. The van der Waals surface area contributed by atoms with Crippen LogP contribution in [0.25, 0.3) is 16.8 Å². The van der Waals surface area contributed by atoms with Crippen LogP contribution in [0.5, 0.6) is 0 Å². The number of nitrogens with one attached hydrogen (secondary N) is 1. The Morgan fingerprint density at radius 2 is 1.76 bits per heavy atom. The van der Waals surface area contributed by atoms with Crippen LogP contribution in [0.3, 0.4) is 0 Å². The summed E-state index contributed by atoms with van der Waals surface area (Å²) in [5, 5.41) is 8.71. The average molecular weight is 461 g/mol. The fraction of sp³-hybridized carbons (Fsp3) is 0.217. The van der Waals surface area contributed by atoms with Crippen LogP contribution >= 0.6 is 11.6 Å². The summed E-state index contributed by atoms with van der Waals surface area (Å²) in [6.07, 6.45) is 5.12. The lowest BCUT2D eigenvalue weighted by Crippen LogP contribution is -2.73. The van der Waals surface area contributed by atoms with Crippen LogP contribution in [0, 0.1) is 6.92 Å². The maximum Gasteiger partial charge on any atom is 0.253 e. The topological polar surface area (TPSA) is 107 Å². The fourth-order valence-corrected chi connectivity index (χ4v) is 4.87. The Balaban J connectivity index is 1.49. The van der Waals surface area contributed by atoms with Crippen molar-refractivity contribution in [3.8, 4) is 16.8 Å². The summed E-state index contributed by atoms with van der Waals surface area (Å²) in [7, 11) is 0. The van der Waals surface area contributed by atoms with Gasteiger partial charge in [0.25, 0.3) is 5.85 Å². The molecule has 1 atom stereocenters. The number of nitrogens with zero attached hydrogens (tertiary/aromatic N) is 6. The summed E-state index contributed by atoms with van der Waals surface area (Å²) < 4.78 is 8.29. The molecule has 0 radical (unpaired) electrons. The minimum absolute atomic E-state index is 0.244. The van der Waals surface area contributed by atoms with E-state index in [1.54, 1.807) is 23.4 Å². The summed E-state index contributed by atoms with van der Waals surface area (Å²) in [5.74, 6) is -0.0198. The van der Waals surface area contributed by atoms with Gasteiger partial charge in [0, 0.05) is 23.0 Å². The van der Waals surface area contributed by atoms with Gasteiger partial charge in [-0.3, -0.25) is 4.90 Å². The highest BCUT2D eigenvalue weighted by Gasteiger charge is 2.64. The van der Waals surface area contributed by atoms with Gasteiger partial charge < -0.3 is 15.8 Å². The number of nitrogen functional groups attached to an aromatic ring is 1. The highest BCUT2D eigenvalue weighted by Crippen LogP contribution is 2.59. The molecule has 1 saturated heterocycles. The molecule has 2 aromatic carbocycles. The number of ether oxygens (including phenoxy) is 1. The molecular formula is C23H21ClN8O. The Kier molecular flexibility index (Phi) is 4.03. The maximum absolute atomic E-state index is 6.55. The third-order valence-corrected chi connectivity index (χ3v) is 6.21. The van der Waals surface area contributed by atoms with Crippen LogP contribution in [0.4, 0.5) is 17.3 Å². The van der Waals surface area contributed by atoms with Gasteiger partial charge >= 0.3 is 0 Å². The van der Waals surface area contributed by atoms with Gasteiger partial charge in [-0.15, -0.1) is 0 Å². The van der Waals surface area contributed by atoms with Crippen molar-refractivity contribution < 1.29 is 4.74 Å². The summed E-state index contributed by atoms with van der Waals surface area (Å²) in [6, 6.07) is 11.8. The Morgan fingerprint density at radius 1 is 1.00 bits per heavy atom. The quantitative estimate of drug-likeness (QED) is 0.471. The van der Waals surface area contributed by atoms with Crippen LogP contribution in [0.1, 0.15) is 25.2 Å². The van der Waals surface area contributed by atoms with E-state index in [-0.39, 0.29) is 5.95 Å². The molecular weight excluding hydrogens is 440 g/mol. The SMILES string of the molecule is Cc1ncn(-c2ccc(Cl)cc2C23Nc4cc(-c5cnc(N)nc5)ccc4N2C(C)(C)O3)n1. The van der Waals surface area contributed by atoms with Crippen molar-refractivity contribution in [2.45, 2.75) is 32.3 Å². The van der Waals surface area contributed by atoms with Gasteiger partial charge in [-0.2, -0.15) is 5.10 Å². The second-order valence-electron chi connectivity index (χ2n) is 8.61. The lowest BCUT2D eigenvalue weighted by molar-refractivity contribution is -0.238. The molecule has 4 aromatic rings. The number of rotatable bonds is 3. The second kappa shape index (κ2) is 6.66. The van der Waals surface area contributed by atoms with Gasteiger partial charge in [0.2, 0.25) is 5.95 Å². The first kappa shape index (κ1) is 20.0. The molecule has 0 bridgehead atoms. The Morgan fingerprint density at radius 3 is 2.45 bits per heavy atom. The molecule has 0 aliphatic carbocycles. The molecule has 4 heterocycles. The molecule has 0 amide bonds. The van der Waals surface area contributed by atoms with Gasteiger partial charge in [-0.25, -0.2) is 19.6 Å². The van der Waals surface area contributed by atoms with Gasteiger partial charge in [0.1, 0.15) is 17.9 Å². The first-order valence-corrected chi connectivity index (χ1v) is 10.8. The summed E-state index contributed by atoms with van der Waals surface area (Å²) in [6.45, 7) is 5.92. The van der Waals surface area contributed by atoms with Crippen molar-refractivity contribution in [3.63, 3.8) is 0 Å². The number of halogens is 1. The maximum atomic E-state index is 6.55. The average Bonchev–Trinajstić information content (AvgIpc) is 3.32. The van der Waals surface area contributed by atoms with Crippen molar-refractivity contribution in [2.24, 2.45) is 0 Å². The predicted molar refractivity (Wildman–Crippen MR) is 126 cm³/mol. The predicted octanol–water partition coefficient (Wildman–Crippen LogP) is 4.08. The molecule has 6 rings (SSSR count). The Labute approximate surface area is 195 Å². The number of hydrogen-bond acceptors (Lipinski definition) is 8.